The average Bonchev–Trinajstić information content (AvgIpc) is 2.98. The number of rotatable bonds is 1. The van der Waals surface area contributed by atoms with Crippen LogP contribution in [0.4, 0.5) is 5.69 Å². The van der Waals surface area contributed by atoms with E-state index >= 15 is 0 Å². The lowest BCUT2D eigenvalue weighted by Crippen LogP contribution is -2.36. The van der Waals surface area contributed by atoms with Crippen LogP contribution in [-0.2, 0) is 5.41 Å². The van der Waals surface area contributed by atoms with Gasteiger partial charge in [0.15, 0.2) is 0 Å². The van der Waals surface area contributed by atoms with E-state index in [0.29, 0.717) is 0 Å². The number of hydrogen-bond acceptors (Lipinski definition) is 1. The van der Waals surface area contributed by atoms with Crippen LogP contribution < -0.4 is 0 Å². The van der Waals surface area contributed by atoms with E-state index in [9.17, 15) is 0 Å². The summed E-state index contributed by atoms with van der Waals surface area (Å²) in [5.41, 5.74) is 8.32. The van der Waals surface area contributed by atoms with E-state index in [1.807, 2.05) is 0 Å². The summed E-state index contributed by atoms with van der Waals surface area (Å²) >= 11 is 0. The lowest BCUT2D eigenvalue weighted by atomic mass is 9.66. The molecule has 0 aromatic heterocycles. The molecule has 1 heteroatoms. The Hall–Kier alpha value is -2.93. The first-order chi connectivity index (χ1) is 11.8. The highest BCUT2D eigenvalue weighted by molar-refractivity contribution is 6.19. The molecule has 0 unspecified atom stereocenters. The molecule has 0 amide bonds. The van der Waals surface area contributed by atoms with E-state index in [-0.39, 0.29) is 5.41 Å². The molecule has 1 heterocycles. The summed E-state index contributed by atoms with van der Waals surface area (Å²) in [5.74, 6) is 0. The Kier molecular flexibility index (Phi) is 2.69. The molecule has 1 atom stereocenters. The lowest BCUT2D eigenvalue weighted by Gasteiger charge is -2.34. The molecule has 0 saturated carbocycles. The predicted molar refractivity (Wildman–Crippen MR) is 100 cm³/mol. The first kappa shape index (κ1) is 13.5. The number of para-hydroxylation sites is 1. The van der Waals surface area contributed by atoms with Gasteiger partial charge in [-0.3, -0.25) is 4.99 Å². The molecular weight excluding hydrogens is 290 g/mol. The first-order valence-electron chi connectivity index (χ1n) is 8.34. The van der Waals surface area contributed by atoms with Crippen molar-refractivity contribution in [3.63, 3.8) is 0 Å². The molecule has 0 saturated heterocycles. The highest BCUT2D eigenvalue weighted by Gasteiger charge is 2.46. The summed E-state index contributed by atoms with van der Waals surface area (Å²) in [7, 11) is 0. The van der Waals surface area contributed by atoms with Gasteiger partial charge in [0.05, 0.1) is 16.8 Å². The molecule has 3 aromatic carbocycles. The second-order valence-corrected chi connectivity index (χ2v) is 6.52. The highest BCUT2D eigenvalue weighted by atomic mass is 14.8. The van der Waals surface area contributed by atoms with Crippen LogP contribution in [-0.4, -0.2) is 5.71 Å². The number of allylic oxidation sites excluding steroid dienone is 1. The minimum Gasteiger partial charge on any atom is -0.251 e. The smallest absolute Gasteiger partial charge is 0.0837 e. The quantitative estimate of drug-likeness (QED) is 0.567. The third-order valence-electron chi connectivity index (χ3n) is 5.23. The van der Waals surface area contributed by atoms with Crippen LogP contribution in [0.1, 0.15) is 27.8 Å². The fraction of sp³-hybridized carbons (Fsp3) is 0.0870. The minimum absolute atomic E-state index is 0.281. The number of fused-ring (bicyclic) bond motifs is 5. The van der Waals surface area contributed by atoms with Crippen molar-refractivity contribution in [2.45, 2.75) is 12.3 Å². The summed E-state index contributed by atoms with van der Waals surface area (Å²) in [6.45, 7) is 2.19. The fourth-order valence-electron chi connectivity index (χ4n) is 4.13. The zero-order valence-corrected chi connectivity index (χ0v) is 13.5. The van der Waals surface area contributed by atoms with Crippen LogP contribution in [0, 0.1) is 6.92 Å². The van der Waals surface area contributed by atoms with E-state index in [4.69, 9.17) is 4.99 Å². The molecule has 3 aromatic rings. The number of aryl methyl sites for hydroxylation is 1. The number of aliphatic imine (C=N–C) groups is 1. The Labute approximate surface area is 142 Å². The fourth-order valence-corrected chi connectivity index (χ4v) is 4.13. The van der Waals surface area contributed by atoms with Gasteiger partial charge in [0, 0.05) is 5.56 Å². The van der Waals surface area contributed by atoms with Crippen molar-refractivity contribution in [1.29, 1.82) is 0 Å². The summed E-state index contributed by atoms with van der Waals surface area (Å²) in [4.78, 5) is 5.07. The third kappa shape index (κ3) is 1.62. The topological polar surface area (TPSA) is 12.4 Å². The zero-order valence-electron chi connectivity index (χ0n) is 13.5. The molecule has 5 rings (SSSR count). The van der Waals surface area contributed by atoms with Gasteiger partial charge in [-0.25, -0.2) is 0 Å². The molecule has 0 fully saturated rings. The molecule has 1 nitrogen and oxygen atoms in total. The Morgan fingerprint density at radius 2 is 1.46 bits per heavy atom. The molecule has 1 aliphatic heterocycles. The van der Waals surface area contributed by atoms with Crippen molar-refractivity contribution in [2.75, 3.05) is 0 Å². The average molecular weight is 307 g/mol. The molecule has 1 aliphatic carbocycles. The molecule has 24 heavy (non-hydrogen) atoms. The Morgan fingerprint density at radius 3 is 2.33 bits per heavy atom. The van der Waals surface area contributed by atoms with Crippen LogP contribution in [0.15, 0.2) is 83.9 Å². The predicted octanol–water partition coefficient (Wildman–Crippen LogP) is 5.44. The van der Waals surface area contributed by atoms with Gasteiger partial charge in [-0.2, -0.15) is 0 Å². The van der Waals surface area contributed by atoms with Crippen molar-refractivity contribution in [1.82, 2.24) is 0 Å². The molecular formula is C23H17N. The van der Waals surface area contributed by atoms with Crippen molar-refractivity contribution >= 4 is 17.5 Å². The number of hydrogen-bond donors (Lipinski definition) is 0. The second kappa shape index (κ2) is 4.78. The summed E-state index contributed by atoms with van der Waals surface area (Å²) < 4.78 is 0. The zero-order chi connectivity index (χ0) is 16.1. The summed E-state index contributed by atoms with van der Waals surface area (Å²) in [6, 6.07) is 25.7. The van der Waals surface area contributed by atoms with Crippen LogP contribution in [0.5, 0.6) is 0 Å². The maximum absolute atomic E-state index is 5.07. The van der Waals surface area contributed by atoms with Gasteiger partial charge in [-0.15, -0.1) is 0 Å². The first-order valence-corrected chi connectivity index (χ1v) is 8.34. The van der Waals surface area contributed by atoms with Crippen molar-refractivity contribution < 1.29 is 0 Å². The maximum Gasteiger partial charge on any atom is 0.0837 e. The maximum atomic E-state index is 5.07. The SMILES string of the molecule is Cc1ccccc1[C@]12C=Cc3ccccc3C1=Nc1ccccc12. The molecule has 2 aliphatic rings. The molecule has 0 bridgehead atoms. The highest BCUT2D eigenvalue weighted by Crippen LogP contribution is 2.50. The van der Waals surface area contributed by atoms with E-state index < -0.39 is 0 Å². The monoisotopic (exact) mass is 307 g/mol. The van der Waals surface area contributed by atoms with E-state index in [1.165, 1.54) is 27.8 Å². The van der Waals surface area contributed by atoms with Gasteiger partial charge in [-0.1, -0.05) is 78.9 Å². The summed E-state index contributed by atoms with van der Waals surface area (Å²) in [5, 5.41) is 0. The number of benzene rings is 3. The summed E-state index contributed by atoms with van der Waals surface area (Å²) in [6.07, 6.45) is 4.59. The van der Waals surface area contributed by atoms with Crippen molar-refractivity contribution in [2.24, 2.45) is 4.99 Å². The van der Waals surface area contributed by atoms with Crippen molar-refractivity contribution in [3.8, 4) is 0 Å². The van der Waals surface area contributed by atoms with Gasteiger partial charge >= 0.3 is 0 Å². The van der Waals surface area contributed by atoms with Gasteiger partial charge in [0.25, 0.3) is 0 Å². The molecule has 0 radical (unpaired) electrons. The Morgan fingerprint density at radius 1 is 0.750 bits per heavy atom. The normalized spacial score (nSPS) is 20.1. The lowest BCUT2D eigenvalue weighted by molar-refractivity contribution is 0.880. The van der Waals surface area contributed by atoms with Gasteiger partial charge in [-0.05, 0) is 35.2 Å². The van der Waals surface area contributed by atoms with Crippen LogP contribution >= 0.6 is 0 Å². The van der Waals surface area contributed by atoms with E-state index in [0.717, 1.165) is 11.4 Å². The standard InChI is InChI=1S/C23H17N/c1-16-8-2-5-11-19(16)23-15-14-17-9-3-4-10-18(17)22(23)24-21-13-7-6-12-20(21)23/h2-15H,1H3/t23-/m0/s1. The number of nitrogens with zero attached hydrogens (tertiary/aromatic N) is 1. The van der Waals surface area contributed by atoms with Crippen LogP contribution in [0.3, 0.4) is 0 Å². The second-order valence-electron chi connectivity index (χ2n) is 6.52. The van der Waals surface area contributed by atoms with Crippen LogP contribution in [0.2, 0.25) is 0 Å². The minimum atomic E-state index is -0.281. The largest absolute Gasteiger partial charge is 0.251 e. The van der Waals surface area contributed by atoms with Gasteiger partial charge in [0.2, 0.25) is 0 Å². The molecule has 114 valence electrons. The molecule has 0 N–H and O–H groups in total. The third-order valence-corrected chi connectivity index (χ3v) is 5.23. The Balaban J connectivity index is 1.90. The van der Waals surface area contributed by atoms with Gasteiger partial charge in [0.1, 0.15) is 0 Å². The van der Waals surface area contributed by atoms with E-state index in [1.54, 1.807) is 0 Å². The Bertz CT molecular complexity index is 1030. The van der Waals surface area contributed by atoms with Crippen LogP contribution in [0.25, 0.3) is 6.08 Å². The molecule has 0 spiro atoms. The van der Waals surface area contributed by atoms with E-state index in [2.05, 4.69) is 91.9 Å². The van der Waals surface area contributed by atoms with Gasteiger partial charge < -0.3 is 0 Å². The van der Waals surface area contributed by atoms with Crippen molar-refractivity contribution in [3.05, 3.63) is 107 Å².